The minimum atomic E-state index is -3.01. The van der Waals surface area contributed by atoms with Crippen LogP contribution < -0.4 is 10.6 Å². The van der Waals surface area contributed by atoms with Crippen LogP contribution in [0.1, 0.15) is 16.9 Å². The molecule has 0 bridgehead atoms. The monoisotopic (exact) mass is 331 g/mol. The summed E-state index contributed by atoms with van der Waals surface area (Å²) >= 11 is 0. The second-order valence-electron chi connectivity index (χ2n) is 5.50. The van der Waals surface area contributed by atoms with Crippen LogP contribution in [-0.4, -0.2) is 36.9 Å². The first kappa shape index (κ1) is 15.5. The highest BCUT2D eigenvalue weighted by Gasteiger charge is 2.29. The van der Waals surface area contributed by atoms with E-state index < -0.39 is 9.84 Å². The van der Waals surface area contributed by atoms with E-state index in [1.54, 1.807) is 18.3 Å². The van der Waals surface area contributed by atoms with Crippen LogP contribution in [0.4, 0.5) is 11.4 Å². The van der Waals surface area contributed by atoms with Crippen LogP contribution in [0.3, 0.4) is 0 Å². The van der Waals surface area contributed by atoms with E-state index in [-0.39, 0.29) is 29.1 Å². The molecular weight excluding hydrogens is 314 g/mol. The molecule has 0 saturated carbocycles. The summed E-state index contributed by atoms with van der Waals surface area (Å²) in [5.41, 5.74) is 1.98. The average molecular weight is 331 g/mol. The van der Waals surface area contributed by atoms with Gasteiger partial charge >= 0.3 is 0 Å². The Hall–Kier alpha value is -2.41. The summed E-state index contributed by atoms with van der Waals surface area (Å²) in [6.07, 6.45) is 2.04. The first-order valence-electron chi connectivity index (χ1n) is 7.31. The predicted molar refractivity (Wildman–Crippen MR) is 88.5 cm³/mol. The van der Waals surface area contributed by atoms with Crippen LogP contribution in [0.2, 0.25) is 0 Å². The van der Waals surface area contributed by atoms with Gasteiger partial charge in [0.15, 0.2) is 9.84 Å². The lowest BCUT2D eigenvalue weighted by atomic mass is 10.2. The Morgan fingerprint density at radius 1 is 1.09 bits per heavy atom. The number of para-hydroxylation sites is 1. The van der Waals surface area contributed by atoms with E-state index in [0.29, 0.717) is 6.42 Å². The van der Waals surface area contributed by atoms with Crippen molar-refractivity contribution in [2.45, 2.75) is 12.5 Å². The molecule has 0 radical (unpaired) electrons. The third-order valence-corrected chi connectivity index (χ3v) is 5.39. The molecule has 1 atom stereocenters. The molecule has 6 nitrogen and oxygen atoms in total. The Morgan fingerprint density at radius 2 is 1.87 bits per heavy atom. The molecule has 2 aromatic rings. The van der Waals surface area contributed by atoms with Gasteiger partial charge < -0.3 is 10.6 Å². The first-order valence-corrected chi connectivity index (χ1v) is 9.13. The maximum absolute atomic E-state index is 12.1. The molecule has 2 N–H and O–H groups in total. The van der Waals surface area contributed by atoms with Crippen molar-refractivity contribution in [3.63, 3.8) is 0 Å². The summed E-state index contributed by atoms with van der Waals surface area (Å²) in [5, 5.41) is 5.90. The summed E-state index contributed by atoms with van der Waals surface area (Å²) in [6, 6.07) is 12.7. The molecular formula is C16H17N3O3S. The zero-order chi connectivity index (χ0) is 16.3. The Labute approximate surface area is 134 Å². The molecule has 3 rings (SSSR count). The molecule has 1 aliphatic rings. The third-order valence-electron chi connectivity index (χ3n) is 3.63. The van der Waals surface area contributed by atoms with Crippen molar-refractivity contribution in [2.75, 3.05) is 16.8 Å². The van der Waals surface area contributed by atoms with Gasteiger partial charge in [0.05, 0.1) is 23.4 Å². The number of rotatable bonds is 4. The normalized spacial score (nSPS) is 19.2. The summed E-state index contributed by atoms with van der Waals surface area (Å²) in [6.45, 7) is 0. The van der Waals surface area contributed by atoms with Gasteiger partial charge in [-0.2, -0.15) is 0 Å². The molecule has 7 heteroatoms. The van der Waals surface area contributed by atoms with E-state index in [0.717, 1.165) is 11.4 Å². The van der Waals surface area contributed by atoms with E-state index in [9.17, 15) is 13.2 Å². The van der Waals surface area contributed by atoms with E-state index in [4.69, 9.17) is 0 Å². The molecule has 1 saturated heterocycles. The van der Waals surface area contributed by atoms with Crippen molar-refractivity contribution in [3.05, 3.63) is 54.4 Å². The number of pyridine rings is 1. The van der Waals surface area contributed by atoms with Gasteiger partial charge in [0, 0.05) is 11.7 Å². The molecule has 0 spiro atoms. The largest absolute Gasteiger partial charge is 0.354 e. The zero-order valence-electron chi connectivity index (χ0n) is 12.4. The van der Waals surface area contributed by atoms with Crippen LogP contribution in [0.15, 0.2) is 48.7 Å². The van der Waals surface area contributed by atoms with Gasteiger partial charge in [-0.15, -0.1) is 0 Å². The number of anilines is 2. The van der Waals surface area contributed by atoms with Crippen LogP contribution in [0.25, 0.3) is 0 Å². The number of hydrogen-bond acceptors (Lipinski definition) is 5. The second-order valence-corrected chi connectivity index (χ2v) is 7.73. The number of carbonyl (C=O) groups excluding carboxylic acids is 1. The average Bonchev–Trinajstić information content (AvgIpc) is 2.88. The maximum atomic E-state index is 12.1. The molecule has 1 aromatic heterocycles. The van der Waals surface area contributed by atoms with Crippen molar-refractivity contribution in [1.29, 1.82) is 0 Å². The number of nitrogens with one attached hydrogen (secondary N) is 2. The van der Waals surface area contributed by atoms with Gasteiger partial charge in [0.1, 0.15) is 5.69 Å². The quantitative estimate of drug-likeness (QED) is 0.891. The number of hydrogen-bond donors (Lipinski definition) is 2. The number of carbonyl (C=O) groups is 1. The lowest BCUT2D eigenvalue weighted by molar-refractivity contribution is 0.0936. The SMILES string of the molecule is O=C(NC1CCS(=O)(=O)C1)c1ccc(Nc2ccccc2)cn1. The van der Waals surface area contributed by atoms with E-state index in [2.05, 4.69) is 15.6 Å². The standard InChI is InChI=1S/C16H17N3O3S/c20-16(19-14-8-9-23(21,22)11-14)15-7-6-13(10-17-15)18-12-4-2-1-3-5-12/h1-7,10,14,18H,8-9,11H2,(H,19,20). The maximum Gasteiger partial charge on any atom is 0.270 e. The lowest BCUT2D eigenvalue weighted by Crippen LogP contribution is -2.36. The van der Waals surface area contributed by atoms with Gasteiger partial charge in [-0.25, -0.2) is 13.4 Å². The third kappa shape index (κ3) is 4.07. The van der Waals surface area contributed by atoms with Gasteiger partial charge in [-0.05, 0) is 30.7 Å². The molecule has 1 aliphatic heterocycles. The minimum Gasteiger partial charge on any atom is -0.354 e. The number of sulfone groups is 1. The van der Waals surface area contributed by atoms with Crippen LogP contribution >= 0.6 is 0 Å². The molecule has 1 aromatic carbocycles. The number of amides is 1. The van der Waals surface area contributed by atoms with Gasteiger partial charge in [0.25, 0.3) is 5.91 Å². The van der Waals surface area contributed by atoms with Gasteiger partial charge in [0.2, 0.25) is 0 Å². The van der Waals surface area contributed by atoms with Gasteiger partial charge in [-0.1, -0.05) is 18.2 Å². The second kappa shape index (κ2) is 6.37. The molecule has 23 heavy (non-hydrogen) atoms. The fourth-order valence-electron chi connectivity index (χ4n) is 2.46. The molecule has 1 amide bonds. The smallest absolute Gasteiger partial charge is 0.270 e. The summed E-state index contributed by atoms with van der Waals surface area (Å²) in [5.74, 6) is -0.212. The molecule has 1 unspecified atom stereocenters. The van der Waals surface area contributed by atoms with Crippen molar-refractivity contribution in [1.82, 2.24) is 10.3 Å². The summed E-state index contributed by atoms with van der Waals surface area (Å²) in [7, 11) is -3.01. The Bertz CT molecular complexity index is 789. The fraction of sp³-hybridized carbons (Fsp3) is 0.250. The highest BCUT2D eigenvalue weighted by molar-refractivity contribution is 7.91. The number of aromatic nitrogens is 1. The van der Waals surface area contributed by atoms with E-state index in [1.165, 1.54) is 0 Å². The molecule has 0 aliphatic carbocycles. The number of nitrogens with zero attached hydrogens (tertiary/aromatic N) is 1. The van der Waals surface area contributed by atoms with Gasteiger partial charge in [-0.3, -0.25) is 4.79 Å². The van der Waals surface area contributed by atoms with Crippen molar-refractivity contribution in [3.8, 4) is 0 Å². The number of benzene rings is 1. The topological polar surface area (TPSA) is 88.2 Å². The Kier molecular flexibility index (Phi) is 4.29. The summed E-state index contributed by atoms with van der Waals surface area (Å²) in [4.78, 5) is 16.2. The van der Waals surface area contributed by atoms with Crippen LogP contribution in [0.5, 0.6) is 0 Å². The molecule has 120 valence electrons. The Morgan fingerprint density at radius 3 is 2.48 bits per heavy atom. The Balaban J connectivity index is 1.62. The van der Waals surface area contributed by atoms with E-state index in [1.807, 2.05) is 30.3 Å². The van der Waals surface area contributed by atoms with Crippen molar-refractivity contribution < 1.29 is 13.2 Å². The first-order chi connectivity index (χ1) is 11.0. The van der Waals surface area contributed by atoms with E-state index >= 15 is 0 Å². The van der Waals surface area contributed by atoms with Crippen LogP contribution in [-0.2, 0) is 9.84 Å². The lowest BCUT2D eigenvalue weighted by Gasteiger charge is -2.11. The molecule has 2 heterocycles. The van der Waals surface area contributed by atoms with Crippen molar-refractivity contribution in [2.24, 2.45) is 0 Å². The highest BCUT2D eigenvalue weighted by atomic mass is 32.2. The zero-order valence-corrected chi connectivity index (χ0v) is 13.2. The molecule has 1 fully saturated rings. The highest BCUT2D eigenvalue weighted by Crippen LogP contribution is 2.16. The fourth-order valence-corrected chi connectivity index (χ4v) is 4.13. The summed E-state index contributed by atoms with van der Waals surface area (Å²) < 4.78 is 22.8. The van der Waals surface area contributed by atoms with Crippen LogP contribution in [0, 0.1) is 0 Å². The minimum absolute atomic E-state index is 0.00634. The van der Waals surface area contributed by atoms with Crippen molar-refractivity contribution >= 4 is 27.1 Å². The predicted octanol–water partition coefficient (Wildman–Crippen LogP) is 1.74.